The van der Waals surface area contributed by atoms with E-state index in [-0.39, 0.29) is 11.3 Å². The van der Waals surface area contributed by atoms with Crippen molar-refractivity contribution >= 4 is 17.3 Å². The molecule has 1 rings (SSSR count). The monoisotopic (exact) mass is 277 g/mol. The van der Waals surface area contributed by atoms with Gasteiger partial charge < -0.3 is 11.1 Å². The summed E-state index contributed by atoms with van der Waals surface area (Å²) in [6, 6.07) is 3.26. The number of hydrogen-bond acceptors (Lipinski definition) is 4. The first kappa shape index (κ1) is 14.7. The van der Waals surface area contributed by atoms with Crippen molar-refractivity contribution in [1.82, 2.24) is 0 Å². The molecular weight excluding hydrogens is 267 g/mol. The van der Waals surface area contributed by atoms with Crippen molar-refractivity contribution in [1.29, 1.82) is 0 Å². The summed E-state index contributed by atoms with van der Waals surface area (Å²) in [5.41, 5.74) is 4.27. The summed E-state index contributed by atoms with van der Waals surface area (Å²) in [7, 11) is 0. The van der Waals surface area contributed by atoms with Crippen LogP contribution in [0.3, 0.4) is 0 Å². The first-order chi connectivity index (χ1) is 8.70. The summed E-state index contributed by atoms with van der Waals surface area (Å²) in [6.45, 7) is -0.500. The normalized spacial score (nSPS) is 11.1. The van der Waals surface area contributed by atoms with E-state index in [1.165, 1.54) is 6.07 Å². The second-order valence-corrected chi connectivity index (χ2v) is 3.65. The summed E-state index contributed by atoms with van der Waals surface area (Å²) in [6.07, 6.45) is -5.48. The highest BCUT2D eigenvalue weighted by atomic mass is 19.4. The molecule has 0 atom stereocenters. The molecule has 0 heterocycles. The van der Waals surface area contributed by atoms with E-state index in [9.17, 15) is 28.1 Å². The van der Waals surface area contributed by atoms with Gasteiger partial charge in [-0.3, -0.25) is 14.9 Å². The number of primary amides is 1. The predicted octanol–water partition coefficient (Wildman–Crippen LogP) is 2.06. The van der Waals surface area contributed by atoms with Gasteiger partial charge in [0.15, 0.2) is 0 Å². The van der Waals surface area contributed by atoms with Crippen LogP contribution in [0.5, 0.6) is 0 Å². The number of nitro benzene ring substituents is 1. The van der Waals surface area contributed by atoms with Gasteiger partial charge in [0.25, 0.3) is 5.69 Å². The van der Waals surface area contributed by atoms with Crippen LogP contribution < -0.4 is 11.1 Å². The number of nitrogens with two attached hydrogens (primary N) is 1. The standard InChI is InChI=1S/C10H10F3N3O3/c11-10(12,13)3-4-15-7-2-1-6(9(14)17)5-8(7)16(18)19/h1-2,5,15H,3-4H2,(H2,14,17). The summed E-state index contributed by atoms with van der Waals surface area (Å²) in [4.78, 5) is 20.8. The predicted molar refractivity (Wildman–Crippen MR) is 60.8 cm³/mol. The van der Waals surface area contributed by atoms with E-state index >= 15 is 0 Å². The third-order valence-corrected chi connectivity index (χ3v) is 2.20. The van der Waals surface area contributed by atoms with Crippen molar-refractivity contribution < 1.29 is 22.9 Å². The fourth-order valence-electron chi connectivity index (χ4n) is 1.32. The fourth-order valence-corrected chi connectivity index (χ4v) is 1.32. The van der Waals surface area contributed by atoms with Gasteiger partial charge in [0.05, 0.1) is 11.3 Å². The molecule has 0 bridgehead atoms. The van der Waals surface area contributed by atoms with Gasteiger partial charge >= 0.3 is 6.18 Å². The van der Waals surface area contributed by atoms with Crippen molar-refractivity contribution in [3.8, 4) is 0 Å². The molecule has 1 amide bonds. The molecular formula is C10H10F3N3O3. The van der Waals surface area contributed by atoms with Gasteiger partial charge in [-0.25, -0.2) is 0 Å². The van der Waals surface area contributed by atoms with Crippen LogP contribution in [0.1, 0.15) is 16.8 Å². The number of nitro groups is 1. The Labute approximate surface area is 105 Å². The lowest BCUT2D eigenvalue weighted by atomic mass is 10.1. The van der Waals surface area contributed by atoms with Crippen LogP contribution in [-0.2, 0) is 0 Å². The van der Waals surface area contributed by atoms with Crippen molar-refractivity contribution in [3.63, 3.8) is 0 Å². The van der Waals surface area contributed by atoms with Gasteiger partial charge in [0.1, 0.15) is 5.69 Å². The van der Waals surface area contributed by atoms with E-state index in [1.807, 2.05) is 0 Å². The lowest BCUT2D eigenvalue weighted by Crippen LogP contribution is -2.16. The molecule has 0 aromatic heterocycles. The highest BCUT2D eigenvalue weighted by molar-refractivity contribution is 5.94. The molecule has 1 aromatic rings. The Bertz CT molecular complexity index is 503. The van der Waals surface area contributed by atoms with Crippen LogP contribution in [-0.4, -0.2) is 23.6 Å². The molecule has 104 valence electrons. The number of nitrogens with zero attached hydrogens (tertiary/aromatic N) is 1. The van der Waals surface area contributed by atoms with Crippen LogP contribution in [0.15, 0.2) is 18.2 Å². The van der Waals surface area contributed by atoms with Crippen LogP contribution in [0.4, 0.5) is 24.5 Å². The second-order valence-electron chi connectivity index (χ2n) is 3.65. The zero-order valence-corrected chi connectivity index (χ0v) is 9.53. The molecule has 1 aromatic carbocycles. The van der Waals surface area contributed by atoms with Crippen molar-refractivity contribution in [2.75, 3.05) is 11.9 Å². The highest BCUT2D eigenvalue weighted by Gasteiger charge is 2.26. The minimum Gasteiger partial charge on any atom is -0.379 e. The molecule has 0 radical (unpaired) electrons. The van der Waals surface area contributed by atoms with Crippen molar-refractivity contribution in [2.45, 2.75) is 12.6 Å². The molecule has 3 N–H and O–H groups in total. The Morgan fingerprint density at radius 3 is 2.53 bits per heavy atom. The van der Waals surface area contributed by atoms with E-state index < -0.39 is 35.7 Å². The molecule has 0 spiro atoms. The quantitative estimate of drug-likeness (QED) is 0.635. The molecule has 0 aliphatic rings. The Balaban J connectivity index is 2.89. The SMILES string of the molecule is NC(=O)c1ccc(NCCC(F)(F)F)c([N+](=O)[O-])c1. The molecule has 0 saturated carbocycles. The first-order valence-corrected chi connectivity index (χ1v) is 5.09. The number of hydrogen-bond donors (Lipinski definition) is 2. The number of alkyl halides is 3. The lowest BCUT2D eigenvalue weighted by Gasteiger charge is -2.09. The molecule has 0 fully saturated rings. The maximum Gasteiger partial charge on any atom is 0.390 e. The van der Waals surface area contributed by atoms with Gasteiger partial charge in [-0.1, -0.05) is 0 Å². The first-order valence-electron chi connectivity index (χ1n) is 5.09. The number of carbonyl (C=O) groups excluding carboxylic acids is 1. The minimum absolute atomic E-state index is 0.0897. The maximum absolute atomic E-state index is 12.0. The summed E-state index contributed by atoms with van der Waals surface area (Å²) < 4.78 is 35.9. The van der Waals surface area contributed by atoms with E-state index in [4.69, 9.17) is 5.73 Å². The Hall–Kier alpha value is -2.32. The number of rotatable bonds is 5. The molecule has 9 heteroatoms. The number of carbonyl (C=O) groups is 1. The zero-order valence-electron chi connectivity index (χ0n) is 9.53. The van der Waals surface area contributed by atoms with E-state index in [2.05, 4.69) is 5.32 Å². The average molecular weight is 277 g/mol. The van der Waals surface area contributed by atoms with Crippen LogP contribution in [0, 0.1) is 10.1 Å². The minimum atomic E-state index is -4.35. The van der Waals surface area contributed by atoms with Crippen molar-refractivity contribution in [3.05, 3.63) is 33.9 Å². The second kappa shape index (κ2) is 5.55. The largest absolute Gasteiger partial charge is 0.390 e. The summed E-state index contributed by atoms with van der Waals surface area (Å²) in [5.74, 6) is -0.857. The molecule has 0 aliphatic heterocycles. The van der Waals surface area contributed by atoms with Crippen molar-refractivity contribution in [2.24, 2.45) is 5.73 Å². The molecule has 0 unspecified atom stereocenters. The summed E-state index contributed by atoms with van der Waals surface area (Å²) in [5, 5.41) is 13.1. The zero-order chi connectivity index (χ0) is 14.6. The molecule has 19 heavy (non-hydrogen) atoms. The number of amides is 1. The topological polar surface area (TPSA) is 98.3 Å². The Kier molecular flexibility index (Phi) is 4.30. The van der Waals surface area contributed by atoms with Gasteiger partial charge in [-0.15, -0.1) is 0 Å². The van der Waals surface area contributed by atoms with Gasteiger partial charge in [-0.05, 0) is 12.1 Å². The number of halogens is 3. The Morgan fingerprint density at radius 1 is 1.42 bits per heavy atom. The Morgan fingerprint density at radius 2 is 2.05 bits per heavy atom. The highest BCUT2D eigenvalue weighted by Crippen LogP contribution is 2.26. The molecule has 6 nitrogen and oxygen atoms in total. The van der Waals surface area contributed by atoms with Gasteiger partial charge in [0.2, 0.25) is 5.91 Å². The third-order valence-electron chi connectivity index (χ3n) is 2.20. The number of nitrogens with one attached hydrogen (secondary N) is 1. The fraction of sp³-hybridized carbons (Fsp3) is 0.300. The third kappa shape index (κ3) is 4.45. The van der Waals surface area contributed by atoms with Crippen LogP contribution >= 0.6 is 0 Å². The lowest BCUT2D eigenvalue weighted by molar-refractivity contribution is -0.384. The summed E-state index contributed by atoms with van der Waals surface area (Å²) >= 11 is 0. The number of benzene rings is 1. The van der Waals surface area contributed by atoms with Gasteiger partial charge in [0, 0.05) is 18.2 Å². The molecule has 0 saturated heterocycles. The number of anilines is 1. The average Bonchev–Trinajstić information content (AvgIpc) is 2.27. The van der Waals surface area contributed by atoms with E-state index in [1.54, 1.807) is 0 Å². The maximum atomic E-state index is 12.0. The molecule has 0 aliphatic carbocycles. The smallest absolute Gasteiger partial charge is 0.379 e. The van der Waals surface area contributed by atoms with Crippen LogP contribution in [0.25, 0.3) is 0 Å². The van der Waals surface area contributed by atoms with Gasteiger partial charge in [-0.2, -0.15) is 13.2 Å². The van der Waals surface area contributed by atoms with Crippen LogP contribution in [0.2, 0.25) is 0 Å². The van der Waals surface area contributed by atoms with E-state index in [0.717, 1.165) is 12.1 Å². The van der Waals surface area contributed by atoms with E-state index in [0.29, 0.717) is 0 Å².